The lowest BCUT2D eigenvalue weighted by Crippen LogP contribution is -1.78. The van der Waals surface area contributed by atoms with Crippen LogP contribution >= 0.6 is 0 Å². The molecule has 0 fully saturated rings. The first-order valence-corrected chi connectivity index (χ1v) is 7.48. The van der Waals surface area contributed by atoms with E-state index >= 15 is 0 Å². The van der Waals surface area contributed by atoms with Crippen molar-refractivity contribution in [2.75, 3.05) is 0 Å². The highest BCUT2D eigenvalue weighted by atomic mass is 14.7. The molecule has 0 aliphatic carbocycles. The van der Waals surface area contributed by atoms with Crippen molar-refractivity contribution in [3.05, 3.63) is 72.8 Å². The Hall–Kier alpha value is -2.54. The van der Waals surface area contributed by atoms with Crippen molar-refractivity contribution in [3.8, 4) is 11.1 Å². The topological polar surface area (TPSA) is 15.8 Å². The molecule has 1 heteroatoms. The molecule has 3 aromatic carbocycles. The summed E-state index contributed by atoms with van der Waals surface area (Å²) in [4.78, 5) is 3.49. The smallest absolute Gasteiger partial charge is 0.0471 e. The first kappa shape index (κ1) is 13.4. The zero-order chi connectivity index (χ0) is 14.7. The van der Waals surface area contributed by atoms with Gasteiger partial charge in [-0.05, 0) is 23.3 Å². The number of H-pyrrole nitrogens is 1. The van der Waals surface area contributed by atoms with Crippen molar-refractivity contribution in [1.82, 2.24) is 4.98 Å². The summed E-state index contributed by atoms with van der Waals surface area (Å²) in [5, 5.41) is 2.60. The highest BCUT2D eigenvalue weighted by Crippen LogP contribution is 2.34. The van der Waals surface area contributed by atoms with Gasteiger partial charge in [-0.15, -0.1) is 0 Å². The molecule has 0 unspecified atom stereocenters. The van der Waals surface area contributed by atoms with Crippen LogP contribution in [-0.2, 0) is 0 Å². The molecular weight excluding hydrogens is 254 g/mol. The molecule has 0 spiro atoms. The second kappa shape index (κ2) is 5.84. The van der Waals surface area contributed by atoms with Gasteiger partial charge in [-0.25, -0.2) is 0 Å². The Kier molecular flexibility index (Phi) is 3.74. The van der Waals surface area contributed by atoms with Crippen LogP contribution in [0.25, 0.3) is 32.9 Å². The number of aromatic nitrogens is 1. The lowest BCUT2D eigenvalue weighted by Gasteiger charge is -2.04. The predicted molar refractivity (Wildman–Crippen MR) is 92.6 cm³/mol. The minimum atomic E-state index is 1.20. The highest BCUT2D eigenvalue weighted by Gasteiger charge is 2.08. The standard InChI is InChI=1S/C18H13N.C2H6/c1-2-7-13(8-3-1)14-10-6-12-17-18(14)15-9-4-5-11-16(15)19-17;1-2/h1-12,19H;1-2H3. The third-order valence-corrected chi connectivity index (χ3v) is 3.61. The number of benzene rings is 3. The second-order valence-electron chi connectivity index (χ2n) is 4.76. The third kappa shape index (κ3) is 2.31. The van der Waals surface area contributed by atoms with Gasteiger partial charge in [0, 0.05) is 21.8 Å². The molecule has 0 aliphatic rings. The largest absolute Gasteiger partial charge is 0.354 e. The number of hydrogen-bond acceptors (Lipinski definition) is 0. The Balaban J connectivity index is 0.000000636. The Morgan fingerprint density at radius 2 is 1.29 bits per heavy atom. The minimum Gasteiger partial charge on any atom is -0.354 e. The van der Waals surface area contributed by atoms with Crippen LogP contribution in [0.1, 0.15) is 13.8 Å². The summed E-state index contributed by atoms with van der Waals surface area (Å²) in [6.07, 6.45) is 0. The lowest BCUT2D eigenvalue weighted by atomic mass is 10.00. The molecule has 0 bridgehead atoms. The molecule has 1 heterocycles. The molecule has 1 N–H and O–H groups in total. The van der Waals surface area contributed by atoms with E-state index < -0.39 is 0 Å². The van der Waals surface area contributed by atoms with Crippen molar-refractivity contribution in [1.29, 1.82) is 0 Å². The van der Waals surface area contributed by atoms with Crippen LogP contribution in [0.15, 0.2) is 72.8 Å². The first-order valence-electron chi connectivity index (χ1n) is 7.48. The van der Waals surface area contributed by atoms with E-state index in [1.165, 1.54) is 32.9 Å². The third-order valence-electron chi connectivity index (χ3n) is 3.61. The zero-order valence-electron chi connectivity index (χ0n) is 12.4. The van der Waals surface area contributed by atoms with Gasteiger partial charge in [-0.2, -0.15) is 0 Å². The maximum atomic E-state index is 3.49. The molecule has 0 atom stereocenters. The Bertz CT molecular complexity index is 857. The zero-order valence-corrected chi connectivity index (χ0v) is 12.4. The number of fused-ring (bicyclic) bond motifs is 3. The molecule has 21 heavy (non-hydrogen) atoms. The van der Waals surface area contributed by atoms with Gasteiger partial charge in [0.25, 0.3) is 0 Å². The van der Waals surface area contributed by atoms with E-state index in [-0.39, 0.29) is 0 Å². The van der Waals surface area contributed by atoms with Crippen LogP contribution < -0.4 is 0 Å². The molecule has 1 nitrogen and oxygen atoms in total. The van der Waals surface area contributed by atoms with Gasteiger partial charge in [0.15, 0.2) is 0 Å². The average molecular weight is 273 g/mol. The summed E-state index contributed by atoms with van der Waals surface area (Å²) < 4.78 is 0. The Morgan fingerprint density at radius 1 is 0.619 bits per heavy atom. The second-order valence-corrected chi connectivity index (χ2v) is 4.76. The fourth-order valence-electron chi connectivity index (χ4n) is 2.76. The summed E-state index contributed by atoms with van der Waals surface area (Å²) in [6, 6.07) is 25.5. The Morgan fingerprint density at radius 3 is 2.10 bits per heavy atom. The molecule has 104 valence electrons. The molecule has 0 saturated heterocycles. The van der Waals surface area contributed by atoms with Gasteiger partial charge in [0.05, 0.1) is 0 Å². The van der Waals surface area contributed by atoms with Crippen molar-refractivity contribution >= 4 is 21.8 Å². The van der Waals surface area contributed by atoms with Crippen molar-refractivity contribution in [3.63, 3.8) is 0 Å². The van der Waals surface area contributed by atoms with Gasteiger partial charge in [-0.3, -0.25) is 0 Å². The van der Waals surface area contributed by atoms with E-state index in [1.54, 1.807) is 0 Å². The normalized spacial score (nSPS) is 10.4. The SMILES string of the molecule is CC.c1ccc(-c2cccc3[nH]c4ccccc4c23)cc1. The van der Waals surface area contributed by atoms with E-state index in [1.807, 2.05) is 13.8 Å². The molecule has 0 radical (unpaired) electrons. The van der Waals surface area contributed by atoms with E-state index in [9.17, 15) is 0 Å². The van der Waals surface area contributed by atoms with Gasteiger partial charge >= 0.3 is 0 Å². The van der Waals surface area contributed by atoms with Crippen LogP contribution in [0.5, 0.6) is 0 Å². The van der Waals surface area contributed by atoms with Crippen LogP contribution in [0, 0.1) is 0 Å². The highest BCUT2D eigenvalue weighted by molar-refractivity contribution is 6.14. The van der Waals surface area contributed by atoms with E-state index in [0.717, 1.165) is 0 Å². The van der Waals surface area contributed by atoms with Crippen molar-refractivity contribution in [2.24, 2.45) is 0 Å². The Labute approximate surface area is 125 Å². The maximum Gasteiger partial charge on any atom is 0.0471 e. The van der Waals surface area contributed by atoms with Crippen LogP contribution in [0.2, 0.25) is 0 Å². The summed E-state index contributed by atoms with van der Waals surface area (Å²) in [5.74, 6) is 0. The van der Waals surface area contributed by atoms with Gasteiger partial charge < -0.3 is 4.98 Å². The minimum absolute atomic E-state index is 1.20. The molecule has 4 aromatic rings. The van der Waals surface area contributed by atoms with E-state index in [4.69, 9.17) is 0 Å². The fourth-order valence-corrected chi connectivity index (χ4v) is 2.76. The summed E-state index contributed by atoms with van der Waals surface area (Å²) in [7, 11) is 0. The van der Waals surface area contributed by atoms with Gasteiger partial charge in [0.1, 0.15) is 0 Å². The van der Waals surface area contributed by atoms with E-state index in [2.05, 4.69) is 77.8 Å². The van der Waals surface area contributed by atoms with Crippen LogP contribution in [0.3, 0.4) is 0 Å². The molecule has 0 aliphatic heterocycles. The molecule has 1 aromatic heterocycles. The molecule has 4 rings (SSSR count). The number of nitrogens with one attached hydrogen (secondary N) is 1. The summed E-state index contributed by atoms with van der Waals surface area (Å²) in [6.45, 7) is 4.00. The van der Waals surface area contributed by atoms with Crippen molar-refractivity contribution < 1.29 is 0 Å². The lowest BCUT2D eigenvalue weighted by molar-refractivity contribution is 1.50. The number of rotatable bonds is 1. The maximum absolute atomic E-state index is 3.49. The molecular formula is C20H19N. The molecule has 0 saturated carbocycles. The quantitative estimate of drug-likeness (QED) is 0.437. The first-order chi connectivity index (χ1) is 10.4. The summed E-state index contributed by atoms with van der Waals surface area (Å²) >= 11 is 0. The van der Waals surface area contributed by atoms with Gasteiger partial charge in [0.2, 0.25) is 0 Å². The summed E-state index contributed by atoms with van der Waals surface area (Å²) in [5.41, 5.74) is 4.94. The fraction of sp³-hybridized carbons (Fsp3) is 0.100. The van der Waals surface area contributed by atoms with E-state index in [0.29, 0.717) is 0 Å². The average Bonchev–Trinajstić information content (AvgIpc) is 2.96. The van der Waals surface area contributed by atoms with Crippen molar-refractivity contribution in [2.45, 2.75) is 13.8 Å². The molecule has 0 amide bonds. The van der Waals surface area contributed by atoms with Gasteiger partial charge in [-0.1, -0.05) is 74.5 Å². The number of hydrogen-bond donors (Lipinski definition) is 1. The van der Waals surface area contributed by atoms with Crippen LogP contribution in [-0.4, -0.2) is 4.98 Å². The predicted octanol–water partition coefficient (Wildman–Crippen LogP) is 6.01. The number of aromatic amines is 1. The van der Waals surface area contributed by atoms with Crippen LogP contribution in [0.4, 0.5) is 0 Å². The monoisotopic (exact) mass is 273 g/mol. The number of para-hydroxylation sites is 1.